The molecule has 0 saturated carbocycles. The molecule has 2 aliphatic rings. The fraction of sp³-hybridized carbons (Fsp3) is 0.300. The van der Waals surface area contributed by atoms with Crippen LogP contribution in [0.4, 0.5) is 11.4 Å². The van der Waals surface area contributed by atoms with Crippen LogP contribution in [0.3, 0.4) is 0 Å². The quantitative estimate of drug-likeness (QED) is 0.676. The van der Waals surface area contributed by atoms with Crippen LogP contribution in [0.15, 0.2) is 48.5 Å². The largest absolute Gasteiger partial charge is 0.463 e. The lowest BCUT2D eigenvalue weighted by atomic mass is 9.76. The summed E-state index contributed by atoms with van der Waals surface area (Å²) >= 11 is 0. The second kappa shape index (κ2) is 5.57. The van der Waals surface area contributed by atoms with Gasteiger partial charge in [0.15, 0.2) is 0 Å². The van der Waals surface area contributed by atoms with E-state index in [0.717, 1.165) is 22.6 Å². The van der Waals surface area contributed by atoms with Crippen molar-refractivity contribution >= 4 is 17.5 Å². The minimum atomic E-state index is -0.859. The maximum atomic E-state index is 11.3. The van der Waals surface area contributed by atoms with E-state index in [1.807, 2.05) is 41.3 Å². The predicted molar refractivity (Wildman–Crippen MR) is 99.4 cm³/mol. The van der Waals surface area contributed by atoms with Crippen LogP contribution in [0.2, 0.25) is 0 Å². The first-order valence-corrected chi connectivity index (χ1v) is 8.55. The average molecular weight is 352 g/mol. The lowest BCUT2D eigenvalue weighted by molar-refractivity contribution is -0.384. The van der Waals surface area contributed by atoms with Crippen molar-refractivity contribution in [3.8, 4) is 5.75 Å². The summed E-state index contributed by atoms with van der Waals surface area (Å²) < 4.78 is 6.50. The van der Waals surface area contributed by atoms with Gasteiger partial charge in [-0.3, -0.25) is 10.1 Å². The highest BCUT2D eigenvalue weighted by Crippen LogP contribution is 2.55. The molecule has 0 aromatic heterocycles. The van der Waals surface area contributed by atoms with Crippen LogP contribution < -0.4 is 9.64 Å². The predicted octanol–water partition coefficient (Wildman–Crippen LogP) is 3.49. The fourth-order valence-electron chi connectivity index (χ4n) is 4.08. The van der Waals surface area contributed by atoms with Crippen molar-refractivity contribution in [2.24, 2.45) is 0 Å². The Hall–Kier alpha value is -2.86. The summed E-state index contributed by atoms with van der Waals surface area (Å²) in [4.78, 5) is 12.8. The summed E-state index contributed by atoms with van der Waals surface area (Å²) in [7, 11) is 0. The first-order chi connectivity index (χ1) is 12.4. The summed E-state index contributed by atoms with van der Waals surface area (Å²) in [6.07, 6.45) is 4.02. The summed E-state index contributed by atoms with van der Waals surface area (Å²) in [5.74, 6) is 0.758. The van der Waals surface area contributed by atoms with Crippen LogP contribution in [0, 0.1) is 10.1 Å². The highest BCUT2D eigenvalue weighted by molar-refractivity contribution is 5.74. The van der Waals surface area contributed by atoms with Crippen molar-refractivity contribution in [1.29, 1.82) is 0 Å². The van der Waals surface area contributed by atoms with Crippen molar-refractivity contribution in [2.75, 3.05) is 18.1 Å². The molecule has 2 aromatic rings. The number of para-hydroxylation sites is 1. The van der Waals surface area contributed by atoms with Crippen LogP contribution in [0.1, 0.15) is 25.0 Å². The Bertz CT molecular complexity index is 922. The molecule has 4 rings (SSSR count). The monoisotopic (exact) mass is 352 g/mol. The van der Waals surface area contributed by atoms with E-state index >= 15 is 0 Å². The van der Waals surface area contributed by atoms with E-state index < -0.39 is 16.1 Å². The van der Waals surface area contributed by atoms with E-state index in [4.69, 9.17) is 4.74 Å². The van der Waals surface area contributed by atoms with Gasteiger partial charge in [0.2, 0.25) is 5.72 Å². The normalized spacial score (nSPS) is 22.0. The molecule has 2 heterocycles. The molecule has 6 heteroatoms. The van der Waals surface area contributed by atoms with Crippen LogP contribution in [-0.4, -0.2) is 28.9 Å². The van der Waals surface area contributed by atoms with Crippen molar-refractivity contribution in [3.05, 3.63) is 69.8 Å². The molecular formula is C20H20N2O4. The molecule has 2 aromatic carbocycles. The molecule has 2 aliphatic heterocycles. The third kappa shape index (κ3) is 2.08. The van der Waals surface area contributed by atoms with Gasteiger partial charge in [0.25, 0.3) is 5.69 Å². The van der Waals surface area contributed by atoms with Gasteiger partial charge in [-0.25, -0.2) is 0 Å². The molecule has 26 heavy (non-hydrogen) atoms. The van der Waals surface area contributed by atoms with Crippen LogP contribution in [0.5, 0.6) is 5.75 Å². The molecule has 1 spiro atoms. The molecule has 1 N–H and O–H groups in total. The number of nitrogens with zero attached hydrogens (tertiary/aromatic N) is 2. The van der Waals surface area contributed by atoms with Gasteiger partial charge in [-0.2, -0.15) is 0 Å². The third-order valence-corrected chi connectivity index (χ3v) is 5.45. The van der Waals surface area contributed by atoms with E-state index in [1.54, 1.807) is 12.1 Å². The topological polar surface area (TPSA) is 75.8 Å². The molecule has 0 amide bonds. The van der Waals surface area contributed by atoms with Crippen LogP contribution in [0.25, 0.3) is 6.08 Å². The van der Waals surface area contributed by atoms with Crippen molar-refractivity contribution in [1.82, 2.24) is 0 Å². The number of nitro groups is 1. The average Bonchev–Trinajstić information content (AvgIpc) is 2.80. The number of aliphatic hydroxyl groups excluding tert-OH is 1. The van der Waals surface area contributed by atoms with E-state index in [2.05, 4.69) is 13.8 Å². The first kappa shape index (κ1) is 16.6. The number of hydrogen-bond donors (Lipinski definition) is 1. The van der Waals surface area contributed by atoms with Gasteiger partial charge in [-0.15, -0.1) is 0 Å². The summed E-state index contributed by atoms with van der Waals surface area (Å²) in [5.41, 5.74) is 1.36. The Kier molecular flexibility index (Phi) is 3.56. The molecule has 1 unspecified atom stereocenters. The summed E-state index contributed by atoms with van der Waals surface area (Å²) in [6, 6.07) is 12.7. The minimum Gasteiger partial charge on any atom is -0.463 e. The smallest absolute Gasteiger partial charge is 0.271 e. The number of aliphatic hydroxyl groups is 1. The number of rotatable bonds is 3. The number of benzene rings is 2. The van der Waals surface area contributed by atoms with E-state index in [0.29, 0.717) is 6.54 Å². The number of β-amino-alcohol motifs (C(OH)–C–C–N with tert-alkyl or cyclic N) is 1. The number of nitro benzene ring substituents is 1. The van der Waals surface area contributed by atoms with Gasteiger partial charge >= 0.3 is 0 Å². The molecule has 0 saturated heterocycles. The fourth-order valence-corrected chi connectivity index (χ4v) is 4.08. The molecular weight excluding hydrogens is 332 g/mol. The Balaban J connectivity index is 1.91. The summed E-state index contributed by atoms with van der Waals surface area (Å²) in [5, 5.41) is 20.9. The SMILES string of the molecule is CC1(C)c2ccc([N+](=O)[O-])cc2N(CCO)C12C=Cc1ccccc1O2. The van der Waals surface area contributed by atoms with Crippen molar-refractivity contribution in [2.45, 2.75) is 25.0 Å². The van der Waals surface area contributed by atoms with Crippen LogP contribution in [-0.2, 0) is 5.41 Å². The zero-order valence-electron chi connectivity index (χ0n) is 14.7. The maximum Gasteiger partial charge on any atom is 0.271 e. The lowest BCUT2D eigenvalue weighted by Gasteiger charge is -2.47. The van der Waals surface area contributed by atoms with Crippen molar-refractivity contribution < 1.29 is 14.8 Å². The first-order valence-electron chi connectivity index (χ1n) is 8.55. The van der Waals surface area contributed by atoms with Gasteiger partial charge in [0, 0.05) is 24.2 Å². The van der Waals surface area contributed by atoms with Crippen LogP contribution >= 0.6 is 0 Å². The third-order valence-electron chi connectivity index (χ3n) is 5.45. The van der Waals surface area contributed by atoms with Gasteiger partial charge in [0.05, 0.1) is 22.6 Å². The molecule has 0 aliphatic carbocycles. The Morgan fingerprint density at radius 3 is 2.73 bits per heavy atom. The highest BCUT2D eigenvalue weighted by atomic mass is 16.6. The Morgan fingerprint density at radius 2 is 2.00 bits per heavy atom. The van der Waals surface area contributed by atoms with Gasteiger partial charge in [-0.05, 0) is 43.7 Å². The zero-order chi connectivity index (χ0) is 18.5. The molecule has 0 fully saturated rings. The number of anilines is 1. The second-order valence-electron chi connectivity index (χ2n) is 7.13. The van der Waals surface area contributed by atoms with E-state index in [9.17, 15) is 15.2 Å². The molecule has 1 atom stereocenters. The van der Waals surface area contributed by atoms with Gasteiger partial charge < -0.3 is 14.7 Å². The van der Waals surface area contributed by atoms with Gasteiger partial charge in [-0.1, -0.05) is 18.2 Å². The summed E-state index contributed by atoms with van der Waals surface area (Å²) in [6.45, 7) is 4.35. The molecule has 0 bridgehead atoms. The zero-order valence-corrected chi connectivity index (χ0v) is 14.7. The lowest BCUT2D eigenvalue weighted by Crippen LogP contribution is -2.60. The second-order valence-corrected chi connectivity index (χ2v) is 7.13. The highest BCUT2D eigenvalue weighted by Gasteiger charge is 2.58. The molecule has 0 radical (unpaired) electrons. The number of hydrogen-bond acceptors (Lipinski definition) is 5. The Morgan fingerprint density at radius 1 is 1.23 bits per heavy atom. The maximum absolute atomic E-state index is 11.3. The van der Waals surface area contributed by atoms with Gasteiger partial charge in [0.1, 0.15) is 5.75 Å². The number of ether oxygens (including phenoxy) is 1. The van der Waals surface area contributed by atoms with Crippen molar-refractivity contribution in [3.63, 3.8) is 0 Å². The molecule has 134 valence electrons. The standard InChI is InChI=1S/C20H20N2O4/c1-19(2)16-8-7-15(22(24)25)13-17(16)21(11-12-23)20(19)10-9-14-5-3-4-6-18(14)26-20/h3-10,13,23H,11-12H2,1-2H3. The number of non-ortho nitro benzene ring substituents is 1. The minimum absolute atomic E-state index is 0.0275. The molecule has 6 nitrogen and oxygen atoms in total. The number of fused-ring (bicyclic) bond motifs is 2. The Labute approximate surface area is 151 Å². The van der Waals surface area contributed by atoms with E-state index in [1.165, 1.54) is 6.07 Å². The van der Waals surface area contributed by atoms with E-state index in [-0.39, 0.29) is 12.3 Å².